The molecule has 1 aromatic rings. The second-order valence-electron chi connectivity index (χ2n) is 9.90. The first-order valence-electron chi connectivity index (χ1n) is 11.2. The molecular formula is C24H37ClN2O2. The van der Waals surface area contributed by atoms with Gasteiger partial charge in [0.05, 0.1) is 0 Å². The van der Waals surface area contributed by atoms with Crippen LogP contribution in [0.1, 0.15) is 70.4 Å². The van der Waals surface area contributed by atoms with Crippen molar-refractivity contribution >= 4 is 17.7 Å². The third kappa shape index (κ3) is 6.62. The van der Waals surface area contributed by atoms with E-state index in [2.05, 4.69) is 24.0 Å². The van der Waals surface area contributed by atoms with Crippen LogP contribution in [0.5, 0.6) is 0 Å². The Bertz CT molecular complexity index is 687. The average Bonchev–Trinajstić information content (AvgIpc) is 3.13. The molecule has 29 heavy (non-hydrogen) atoms. The van der Waals surface area contributed by atoms with Crippen LogP contribution in [0, 0.1) is 5.92 Å². The molecule has 2 aliphatic rings. The minimum absolute atomic E-state index is 0.188. The first-order chi connectivity index (χ1) is 13.7. The molecule has 2 saturated heterocycles. The molecule has 0 spiro atoms. The van der Waals surface area contributed by atoms with Crippen LogP contribution < -0.4 is 0 Å². The van der Waals surface area contributed by atoms with E-state index in [0.717, 1.165) is 37.4 Å². The number of carbonyl (C=O) groups excluding carboxylic acids is 1. The molecule has 1 amide bonds. The number of piperidine rings is 1. The van der Waals surface area contributed by atoms with Gasteiger partial charge in [-0.05, 0) is 101 Å². The van der Waals surface area contributed by atoms with Crippen LogP contribution in [0.25, 0.3) is 0 Å². The van der Waals surface area contributed by atoms with Gasteiger partial charge >= 0.3 is 6.09 Å². The summed E-state index contributed by atoms with van der Waals surface area (Å²) >= 11 is 6.36. The smallest absolute Gasteiger partial charge is 0.410 e. The van der Waals surface area contributed by atoms with E-state index in [1.54, 1.807) is 0 Å². The zero-order valence-corrected chi connectivity index (χ0v) is 19.3. The fourth-order valence-corrected chi connectivity index (χ4v) is 4.89. The molecule has 3 rings (SSSR count). The van der Waals surface area contributed by atoms with Crippen LogP contribution in [0.4, 0.5) is 4.79 Å². The van der Waals surface area contributed by atoms with Crippen molar-refractivity contribution in [1.29, 1.82) is 0 Å². The molecule has 162 valence electrons. The molecule has 2 heterocycles. The van der Waals surface area contributed by atoms with Crippen molar-refractivity contribution in [3.63, 3.8) is 0 Å². The van der Waals surface area contributed by atoms with Gasteiger partial charge in [0.2, 0.25) is 0 Å². The van der Waals surface area contributed by atoms with Crippen molar-refractivity contribution in [3.05, 3.63) is 34.3 Å². The van der Waals surface area contributed by atoms with Crippen molar-refractivity contribution in [1.82, 2.24) is 9.80 Å². The summed E-state index contributed by atoms with van der Waals surface area (Å²) < 4.78 is 5.54. The second kappa shape index (κ2) is 9.70. The Hall–Kier alpha value is -1.26. The van der Waals surface area contributed by atoms with Gasteiger partial charge in [0.15, 0.2) is 0 Å². The first kappa shape index (κ1) is 22.4. The fraction of sp³-hybridized carbons (Fsp3) is 0.708. The third-order valence-corrected chi connectivity index (χ3v) is 6.26. The number of nitrogens with zero attached hydrogens (tertiary/aromatic N) is 2. The molecule has 0 bridgehead atoms. The topological polar surface area (TPSA) is 32.8 Å². The molecule has 2 aliphatic heterocycles. The van der Waals surface area contributed by atoms with Gasteiger partial charge in [-0.25, -0.2) is 4.79 Å². The summed E-state index contributed by atoms with van der Waals surface area (Å²) in [6, 6.07) is 6.40. The average molecular weight is 421 g/mol. The Labute approximate surface area is 181 Å². The molecule has 0 aliphatic carbocycles. The fourth-order valence-electron chi connectivity index (χ4n) is 4.69. The molecule has 2 fully saturated rings. The number of halogens is 1. The highest BCUT2D eigenvalue weighted by molar-refractivity contribution is 6.30. The minimum Gasteiger partial charge on any atom is -0.444 e. The molecule has 1 atom stereocenters. The number of rotatable bonds is 5. The summed E-state index contributed by atoms with van der Waals surface area (Å²) in [6.07, 6.45) is 5.52. The summed E-state index contributed by atoms with van der Waals surface area (Å²) in [5.74, 6) is 1.10. The monoisotopic (exact) mass is 420 g/mol. The predicted octanol–water partition coefficient (Wildman–Crippen LogP) is 5.73. The van der Waals surface area contributed by atoms with E-state index in [4.69, 9.17) is 16.3 Å². The van der Waals surface area contributed by atoms with E-state index in [1.807, 2.05) is 31.7 Å². The molecule has 1 unspecified atom stereocenters. The number of hydrogen-bond donors (Lipinski definition) is 0. The Morgan fingerprint density at radius 2 is 1.83 bits per heavy atom. The predicted molar refractivity (Wildman–Crippen MR) is 120 cm³/mol. The summed E-state index contributed by atoms with van der Waals surface area (Å²) in [5.41, 5.74) is 2.37. The summed E-state index contributed by atoms with van der Waals surface area (Å²) in [7, 11) is 0. The van der Waals surface area contributed by atoms with E-state index in [9.17, 15) is 4.79 Å². The van der Waals surface area contributed by atoms with Crippen molar-refractivity contribution in [2.75, 3.05) is 32.7 Å². The van der Waals surface area contributed by atoms with E-state index < -0.39 is 5.60 Å². The van der Waals surface area contributed by atoms with Crippen molar-refractivity contribution in [3.8, 4) is 0 Å². The highest BCUT2D eigenvalue weighted by atomic mass is 35.5. The summed E-state index contributed by atoms with van der Waals surface area (Å²) in [6.45, 7) is 13.3. The van der Waals surface area contributed by atoms with Gasteiger partial charge in [-0.1, -0.05) is 24.6 Å². The molecule has 4 nitrogen and oxygen atoms in total. The maximum Gasteiger partial charge on any atom is 0.410 e. The molecule has 0 aromatic heterocycles. The summed E-state index contributed by atoms with van der Waals surface area (Å²) in [4.78, 5) is 16.8. The molecule has 0 N–H and O–H groups in total. The Kier molecular flexibility index (Phi) is 7.50. The third-order valence-electron chi connectivity index (χ3n) is 6.03. The highest BCUT2D eigenvalue weighted by Crippen LogP contribution is 2.33. The lowest BCUT2D eigenvalue weighted by molar-refractivity contribution is 0.0204. The number of amides is 1. The zero-order valence-electron chi connectivity index (χ0n) is 18.5. The Morgan fingerprint density at radius 3 is 2.45 bits per heavy atom. The van der Waals surface area contributed by atoms with Gasteiger partial charge in [-0.3, -0.25) is 0 Å². The quantitative estimate of drug-likeness (QED) is 0.609. The van der Waals surface area contributed by atoms with Gasteiger partial charge in [0.1, 0.15) is 5.60 Å². The molecule has 5 heteroatoms. The van der Waals surface area contributed by atoms with E-state index in [-0.39, 0.29) is 6.09 Å². The normalized spacial score (nSPS) is 20.1. The van der Waals surface area contributed by atoms with Crippen LogP contribution in [-0.4, -0.2) is 54.2 Å². The second-order valence-corrected chi connectivity index (χ2v) is 10.3. The zero-order chi connectivity index (χ0) is 21.0. The first-order valence-corrected chi connectivity index (χ1v) is 11.6. The van der Waals surface area contributed by atoms with Gasteiger partial charge in [0, 0.05) is 24.7 Å². The minimum atomic E-state index is -0.442. The van der Waals surface area contributed by atoms with Crippen LogP contribution in [0.15, 0.2) is 18.2 Å². The Balaban J connectivity index is 1.61. The molecular weight excluding hydrogens is 384 g/mol. The standard InChI is InChI=1S/C24H37ClN2O2/c1-18(17-26-11-5-6-12-26)15-20-16-21(25)7-8-22(20)19-9-13-27(14-10-19)23(28)29-24(2,3)4/h7-8,16,18-19H,5-6,9-15,17H2,1-4H3. The van der Waals surface area contributed by atoms with Crippen molar-refractivity contribution in [2.45, 2.75) is 71.3 Å². The lowest BCUT2D eigenvalue weighted by Gasteiger charge is -2.34. The number of ether oxygens (including phenoxy) is 1. The van der Waals surface area contributed by atoms with Crippen LogP contribution in [0.3, 0.4) is 0 Å². The molecule has 0 radical (unpaired) electrons. The van der Waals surface area contributed by atoms with Crippen molar-refractivity contribution in [2.24, 2.45) is 5.92 Å². The van der Waals surface area contributed by atoms with Gasteiger partial charge in [-0.2, -0.15) is 0 Å². The lowest BCUT2D eigenvalue weighted by atomic mass is 9.84. The van der Waals surface area contributed by atoms with Gasteiger partial charge in [-0.15, -0.1) is 0 Å². The number of hydrogen-bond acceptors (Lipinski definition) is 3. The van der Waals surface area contributed by atoms with E-state index >= 15 is 0 Å². The SMILES string of the molecule is CC(Cc1cc(Cl)ccc1C1CCN(C(=O)OC(C)(C)C)CC1)CN1CCCC1. The number of carbonyl (C=O) groups is 1. The Morgan fingerprint density at radius 1 is 1.17 bits per heavy atom. The highest BCUT2D eigenvalue weighted by Gasteiger charge is 2.28. The van der Waals surface area contributed by atoms with Crippen molar-refractivity contribution < 1.29 is 9.53 Å². The largest absolute Gasteiger partial charge is 0.444 e. The van der Waals surface area contributed by atoms with Crippen LogP contribution in [0.2, 0.25) is 5.02 Å². The lowest BCUT2D eigenvalue weighted by Crippen LogP contribution is -2.41. The van der Waals surface area contributed by atoms with Gasteiger partial charge in [0.25, 0.3) is 0 Å². The van der Waals surface area contributed by atoms with Crippen LogP contribution in [-0.2, 0) is 11.2 Å². The number of benzene rings is 1. The summed E-state index contributed by atoms with van der Waals surface area (Å²) in [5, 5.41) is 0.823. The molecule has 0 saturated carbocycles. The maximum atomic E-state index is 12.4. The van der Waals surface area contributed by atoms with Crippen LogP contribution >= 0.6 is 11.6 Å². The molecule has 1 aromatic carbocycles. The van der Waals surface area contributed by atoms with Gasteiger partial charge < -0.3 is 14.5 Å². The number of likely N-dealkylation sites (tertiary alicyclic amines) is 2. The maximum absolute atomic E-state index is 12.4. The van der Waals surface area contributed by atoms with E-state index in [0.29, 0.717) is 11.8 Å². The van der Waals surface area contributed by atoms with E-state index in [1.165, 1.54) is 43.6 Å².